The summed E-state index contributed by atoms with van der Waals surface area (Å²) in [7, 11) is 0. The van der Waals surface area contributed by atoms with Crippen LogP contribution in [0.2, 0.25) is 0 Å². The maximum Gasteiger partial charge on any atom is 0.158 e. The molecule has 1 nitrogen and oxygen atoms in total. The zero-order chi connectivity index (χ0) is 11.9. The molecule has 2 aliphatic carbocycles. The Labute approximate surface area is 98.6 Å². The zero-order valence-electron chi connectivity index (χ0n) is 10.7. The van der Waals surface area contributed by atoms with Crippen molar-refractivity contribution in [2.45, 2.75) is 52.9 Å². The highest BCUT2D eigenvalue weighted by molar-refractivity contribution is 5.96. The molecule has 2 atom stereocenters. The monoisotopic (exact) mass is 218 g/mol. The summed E-state index contributed by atoms with van der Waals surface area (Å²) >= 11 is 0. The van der Waals surface area contributed by atoms with Gasteiger partial charge in [0, 0.05) is 6.42 Å². The Bertz CT molecular complexity index is 375. The molecule has 0 aromatic heterocycles. The number of allylic oxidation sites excluding steroid dienone is 3. The Morgan fingerprint density at radius 2 is 2.12 bits per heavy atom. The predicted molar refractivity (Wildman–Crippen MR) is 67.2 cm³/mol. The van der Waals surface area contributed by atoms with Gasteiger partial charge in [0.25, 0.3) is 0 Å². The van der Waals surface area contributed by atoms with E-state index in [9.17, 15) is 4.79 Å². The van der Waals surface area contributed by atoms with E-state index in [1.807, 2.05) is 6.92 Å². The maximum absolute atomic E-state index is 11.8. The Morgan fingerprint density at radius 1 is 1.44 bits per heavy atom. The first kappa shape index (κ1) is 11.6. The number of hydrogen-bond donors (Lipinski definition) is 0. The second kappa shape index (κ2) is 3.87. The normalized spacial score (nSPS) is 34.9. The van der Waals surface area contributed by atoms with E-state index in [1.165, 1.54) is 24.0 Å². The van der Waals surface area contributed by atoms with Crippen molar-refractivity contribution in [3.05, 3.63) is 23.3 Å². The zero-order valence-corrected chi connectivity index (χ0v) is 10.7. The maximum atomic E-state index is 11.8. The lowest BCUT2D eigenvalue weighted by Crippen LogP contribution is -2.33. The standard InChI is InChI=1S/C15H22O/c1-10(2)12-5-7-15(4)8-6-14(16)11(3)13(15)9-12/h12H,1,5-9H2,2-4H3/t12-,15?/m1/s1. The second-order valence-corrected chi connectivity index (χ2v) is 5.87. The lowest BCUT2D eigenvalue weighted by Gasteiger charge is -2.43. The van der Waals surface area contributed by atoms with Crippen molar-refractivity contribution < 1.29 is 4.79 Å². The van der Waals surface area contributed by atoms with E-state index in [2.05, 4.69) is 20.4 Å². The van der Waals surface area contributed by atoms with E-state index in [1.54, 1.807) is 0 Å². The summed E-state index contributed by atoms with van der Waals surface area (Å²) in [6.07, 6.45) is 5.36. The van der Waals surface area contributed by atoms with Gasteiger partial charge in [-0.1, -0.05) is 24.6 Å². The molecule has 88 valence electrons. The van der Waals surface area contributed by atoms with Crippen LogP contribution in [0.15, 0.2) is 23.3 Å². The number of ketones is 1. The third-order valence-corrected chi connectivity index (χ3v) is 4.70. The van der Waals surface area contributed by atoms with Gasteiger partial charge >= 0.3 is 0 Å². The van der Waals surface area contributed by atoms with Crippen molar-refractivity contribution in [3.8, 4) is 0 Å². The van der Waals surface area contributed by atoms with Gasteiger partial charge in [-0.15, -0.1) is 0 Å². The number of Topliss-reactive ketones (excluding diaryl/α,β-unsaturated/α-hetero) is 1. The summed E-state index contributed by atoms with van der Waals surface area (Å²) in [5, 5.41) is 0. The molecule has 0 saturated heterocycles. The van der Waals surface area contributed by atoms with Crippen molar-refractivity contribution in [3.63, 3.8) is 0 Å². The number of carbonyl (C=O) groups excluding carboxylic acids is 1. The molecule has 1 unspecified atom stereocenters. The summed E-state index contributed by atoms with van der Waals surface area (Å²) in [5.41, 5.74) is 4.08. The molecular formula is C15H22O. The predicted octanol–water partition coefficient (Wildman–Crippen LogP) is 4.05. The third kappa shape index (κ3) is 1.77. The van der Waals surface area contributed by atoms with Gasteiger partial charge in [-0.3, -0.25) is 4.79 Å². The number of hydrogen-bond acceptors (Lipinski definition) is 1. The summed E-state index contributed by atoms with van der Waals surface area (Å²) < 4.78 is 0. The average Bonchev–Trinajstić information content (AvgIpc) is 2.24. The van der Waals surface area contributed by atoms with E-state index < -0.39 is 0 Å². The highest BCUT2D eigenvalue weighted by Gasteiger charge is 2.40. The minimum Gasteiger partial charge on any atom is -0.295 e. The van der Waals surface area contributed by atoms with Gasteiger partial charge < -0.3 is 0 Å². The van der Waals surface area contributed by atoms with Crippen LogP contribution in [0.5, 0.6) is 0 Å². The van der Waals surface area contributed by atoms with E-state index in [0.29, 0.717) is 17.1 Å². The van der Waals surface area contributed by atoms with Gasteiger partial charge in [0.2, 0.25) is 0 Å². The minimum atomic E-state index is 0.309. The van der Waals surface area contributed by atoms with Crippen LogP contribution in [0.4, 0.5) is 0 Å². The number of carbonyl (C=O) groups is 1. The number of rotatable bonds is 1. The van der Waals surface area contributed by atoms with Crippen LogP contribution in [0.1, 0.15) is 52.9 Å². The SMILES string of the molecule is C=C(C)[C@@H]1CCC2(C)CCC(=O)C(C)=C2C1. The highest BCUT2D eigenvalue weighted by Crippen LogP contribution is 2.51. The van der Waals surface area contributed by atoms with Gasteiger partial charge in [0.1, 0.15) is 0 Å². The van der Waals surface area contributed by atoms with Gasteiger partial charge in [-0.05, 0) is 56.4 Å². The van der Waals surface area contributed by atoms with Crippen LogP contribution in [-0.2, 0) is 4.79 Å². The molecule has 2 rings (SSSR count). The van der Waals surface area contributed by atoms with Crippen LogP contribution >= 0.6 is 0 Å². The van der Waals surface area contributed by atoms with Crippen molar-refractivity contribution in [1.82, 2.24) is 0 Å². The lowest BCUT2D eigenvalue weighted by atomic mass is 9.61. The number of fused-ring (bicyclic) bond motifs is 1. The molecule has 0 N–H and O–H groups in total. The first-order valence-electron chi connectivity index (χ1n) is 6.33. The largest absolute Gasteiger partial charge is 0.295 e. The van der Waals surface area contributed by atoms with Crippen molar-refractivity contribution >= 4 is 5.78 Å². The molecule has 0 bridgehead atoms. The van der Waals surface area contributed by atoms with Crippen molar-refractivity contribution in [2.75, 3.05) is 0 Å². The quantitative estimate of drug-likeness (QED) is 0.607. The Kier molecular flexibility index (Phi) is 2.81. The first-order valence-corrected chi connectivity index (χ1v) is 6.33. The molecule has 0 heterocycles. The van der Waals surface area contributed by atoms with Gasteiger partial charge in [-0.25, -0.2) is 0 Å². The molecule has 0 aromatic carbocycles. The fraction of sp³-hybridized carbons (Fsp3) is 0.667. The molecular weight excluding hydrogens is 196 g/mol. The molecule has 0 aromatic rings. The second-order valence-electron chi connectivity index (χ2n) is 5.87. The van der Waals surface area contributed by atoms with Crippen LogP contribution in [0.3, 0.4) is 0 Å². The van der Waals surface area contributed by atoms with E-state index in [-0.39, 0.29) is 0 Å². The van der Waals surface area contributed by atoms with Gasteiger partial charge in [0.05, 0.1) is 0 Å². The Morgan fingerprint density at radius 3 is 2.75 bits per heavy atom. The fourth-order valence-corrected chi connectivity index (χ4v) is 3.29. The van der Waals surface area contributed by atoms with Gasteiger partial charge in [0.15, 0.2) is 5.78 Å². The Balaban J connectivity index is 2.34. The molecule has 1 fully saturated rings. The third-order valence-electron chi connectivity index (χ3n) is 4.70. The van der Waals surface area contributed by atoms with Crippen LogP contribution < -0.4 is 0 Å². The summed E-state index contributed by atoms with van der Waals surface area (Å²) in [4.78, 5) is 11.8. The fourth-order valence-electron chi connectivity index (χ4n) is 3.29. The summed E-state index contributed by atoms with van der Waals surface area (Å²) in [6, 6.07) is 0. The molecule has 0 radical (unpaired) electrons. The minimum absolute atomic E-state index is 0.309. The molecule has 0 spiro atoms. The van der Waals surface area contributed by atoms with E-state index >= 15 is 0 Å². The average molecular weight is 218 g/mol. The van der Waals surface area contributed by atoms with Crippen LogP contribution in [0.25, 0.3) is 0 Å². The lowest BCUT2D eigenvalue weighted by molar-refractivity contribution is -0.117. The smallest absolute Gasteiger partial charge is 0.158 e. The van der Waals surface area contributed by atoms with Crippen molar-refractivity contribution in [2.24, 2.45) is 11.3 Å². The first-order chi connectivity index (χ1) is 7.44. The molecule has 1 saturated carbocycles. The van der Waals surface area contributed by atoms with Crippen molar-refractivity contribution in [1.29, 1.82) is 0 Å². The Hall–Kier alpha value is -0.850. The topological polar surface area (TPSA) is 17.1 Å². The molecule has 0 amide bonds. The van der Waals surface area contributed by atoms with E-state index in [4.69, 9.17) is 0 Å². The molecule has 1 heteroatoms. The van der Waals surface area contributed by atoms with Gasteiger partial charge in [-0.2, -0.15) is 0 Å². The summed E-state index contributed by atoms with van der Waals surface area (Å²) in [5.74, 6) is 0.971. The van der Waals surface area contributed by atoms with Crippen LogP contribution in [-0.4, -0.2) is 5.78 Å². The molecule has 2 aliphatic rings. The molecule has 0 aliphatic heterocycles. The van der Waals surface area contributed by atoms with Crippen LogP contribution in [0, 0.1) is 11.3 Å². The molecule has 16 heavy (non-hydrogen) atoms. The summed E-state index contributed by atoms with van der Waals surface area (Å²) in [6.45, 7) is 10.6. The van der Waals surface area contributed by atoms with E-state index in [0.717, 1.165) is 24.8 Å². The highest BCUT2D eigenvalue weighted by atomic mass is 16.1.